The highest BCUT2D eigenvalue weighted by Gasteiger charge is 2.31. The second-order valence-corrected chi connectivity index (χ2v) is 6.49. The number of hydrogen-bond donors (Lipinski definition) is 0. The molecule has 1 aromatic carbocycles. The molecule has 1 aliphatic heterocycles. The minimum Gasteiger partial charge on any atom is -0.289 e. The van der Waals surface area contributed by atoms with Crippen molar-refractivity contribution in [2.24, 2.45) is 10.9 Å². The SMILES string of the molecule is O=C(C1CCCC1)N1CCN=C1SCc1ccc(F)cc1. The molecule has 3 nitrogen and oxygen atoms in total. The Labute approximate surface area is 128 Å². The predicted molar refractivity (Wildman–Crippen MR) is 83.7 cm³/mol. The third kappa shape index (κ3) is 3.46. The smallest absolute Gasteiger partial charge is 0.231 e. The molecule has 21 heavy (non-hydrogen) atoms. The van der Waals surface area contributed by atoms with E-state index in [0.717, 1.165) is 23.6 Å². The Morgan fingerprint density at radius 3 is 2.71 bits per heavy atom. The van der Waals surface area contributed by atoms with Crippen molar-refractivity contribution < 1.29 is 9.18 Å². The van der Waals surface area contributed by atoms with Crippen LogP contribution in [0.25, 0.3) is 0 Å². The standard InChI is InChI=1S/C16H19FN2OS/c17-14-7-5-12(6-8-14)11-21-16-18-9-10-19(16)15(20)13-3-1-2-4-13/h5-8,13H,1-4,9-11H2. The average Bonchev–Trinajstić information content (AvgIpc) is 3.17. The van der Waals surface area contributed by atoms with E-state index < -0.39 is 0 Å². The number of carbonyl (C=O) groups excluding carboxylic acids is 1. The van der Waals surface area contributed by atoms with Crippen molar-refractivity contribution >= 4 is 22.8 Å². The van der Waals surface area contributed by atoms with Crippen molar-refractivity contribution in [1.29, 1.82) is 0 Å². The van der Waals surface area contributed by atoms with Crippen molar-refractivity contribution in [3.8, 4) is 0 Å². The van der Waals surface area contributed by atoms with Gasteiger partial charge in [0, 0.05) is 18.2 Å². The van der Waals surface area contributed by atoms with Crippen LogP contribution in [0.5, 0.6) is 0 Å². The zero-order valence-corrected chi connectivity index (χ0v) is 12.7. The molecule has 5 heteroatoms. The fourth-order valence-corrected chi connectivity index (χ4v) is 3.88. The van der Waals surface area contributed by atoms with E-state index in [0.29, 0.717) is 18.8 Å². The molecule has 0 bridgehead atoms. The van der Waals surface area contributed by atoms with Gasteiger partial charge in [-0.2, -0.15) is 0 Å². The lowest BCUT2D eigenvalue weighted by molar-refractivity contribution is -0.130. The van der Waals surface area contributed by atoms with Crippen molar-refractivity contribution in [2.45, 2.75) is 31.4 Å². The number of thioether (sulfide) groups is 1. The summed E-state index contributed by atoms with van der Waals surface area (Å²) in [6, 6.07) is 6.49. The molecule has 0 atom stereocenters. The lowest BCUT2D eigenvalue weighted by Gasteiger charge is -2.21. The molecule has 112 valence electrons. The molecule has 1 heterocycles. The summed E-state index contributed by atoms with van der Waals surface area (Å²) in [6.45, 7) is 1.41. The van der Waals surface area contributed by atoms with Crippen LogP contribution < -0.4 is 0 Å². The molecule has 1 saturated carbocycles. The number of amides is 1. The highest BCUT2D eigenvalue weighted by molar-refractivity contribution is 8.13. The zero-order valence-electron chi connectivity index (χ0n) is 11.9. The fourth-order valence-electron chi connectivity index (χ4n) is 2.88. The van der Waals surface area contributed by atoms with Gasteiger partial charge in [-0.15, -0.1) is 0 Å². The monoisotopic (exact) mass is 306 g/mol. The van der Waals surface area contributed by atoms with Crippen LogP contribution in [0.4, 0.5) is 4.39 Å². The van der Waals surface area contributed by atoms with Crippen molar-refractivity contribution in [2.75, 3.05) is 13.1 Å². The van der Waals surface area contributed by atoms with E-state index in [1.54, 1.807) is 23.9 Å². The maximum Gasteiger partial charge on any atom is 0.231 e. The molecule has 1 amide bonds. The highest BCUT2D eigenvalue weighted by Crippen LogP contribution is 2.29. The van der Waals surface area contributed by atoms with Crippen LogP contribution in [0.15, 0.2) is 29.3 Å². The summed E-state index contributed by atoms with van der Waals surface area (Å²) in [6.07, 6.45) is 4.37. The van der Waals surface area contributed by atoms with Crippen molar-refractivity contribution in [3.63, 3.8) is 0 Å². The Kier molecular flexibility index (Phi) is 4.58. The summed E-state index contributed by atoms with van der Waals surface area (Å²) in [5.41, 5.74) is 1.05. The van der Waals surface area contributed by atoms with Gasteiger partial charge >= 0.3 is 0 Å². The highest BCUT2D eigenvalue weighted by atomic mass is 32.2. The molecule has 0 spiro atoms. The number of rotatable bonds is 3. The van der Waals surface area contributed by atoms with Crippen LogP contribution in [0.3, 0.4) is 0 Å². The van der Waals surface area contributed by atoms with Gasteiger partial charge in [0.25, 0.3) is 0 Å². The first-order chi connectivity index (χ1) is 10.2. The molecule has 1 aliphatic carbocycles. The van der Waals surface area contributed by atoms with E-state index in [9.17, 15) is 9.18 Å². The van der Waals surface area contributed by atoms with Gasteiger partial charge in [0.1, 0.15) is 5.82 Å². The average molecular weight is 306 g/mol. The van der Waals surface area contributed by atoms with Crippen LogP contribution in [-0.4, -0.2) is 29.1 Å². The van der Waals surface area contributed by atoms with Crippen LogP contribution in [0, 0.1) is 11.7 Å². The summed E-state index contributed by atoms with van der Waals surface area (Å²) in [5.74, 6) is 0.933. The Morgan fingerprint density at radius 2 is 2.00 bits per heavy atom. The van der Waals surface area contributed by atoms with Gasteiger partial charge in [0.05, 0.1) is 6.54 Å². The topological polar surface area (TPSA) is 32.7 Å². The van der Waals surface area contributed by atoms with Gasteiger partial charge in [0.2, 0.25) is 5.91 Å². The van der Waals surface area contributed by atoms with Gasteiger partial charge in [-0.05, 0) is 30.5 Å². The third-order valence-electron chi connectivity index (χ3n) is 4.05. The first-order valence-corrected chi connectivity index (χ1v) is 8.45. The largest absolute Gasteiger partial charge is 0.289 e. The number of amidine groups is 1. The molecule has 3 rings (SSSR count). The molecule has 0 saturated heterocycles. The van der Waals surface area contributed by atoms with Crippen LogP contribution in [0.2, 0.25) is 0 Å². The molecule has 2 aliphatic rings. The summed E-state index contributed by atoms with van der Waals surface area (Å²) in [4.78, 5) is 18.8. The van der Waals surface area contributed by atoms with Crippen LogP contribution >= 0.6 is 11.8 Å². The second kappa shape index (κ2) is 6.60. The molecule has 0 N–H and O–H groups in total. The summed E-state index contributed by atoms with van der Waals surface area (Å²) >= 11 is 1.57. The van der Waals surface area contributed by atoms with E-state index in [4.69, 9.17) is 0 Å². The number of carbonyl (C=O) groups is 1. The maximum atomic E-state index is 12.9. The fraction of sp³-hybridized carbons (Fsp3) is 0.500. The lowest BCUT2D eigenvalue weighted by Crippen LogP contribution is -2.36. The van der Waals surface area contributed by atoms with Crippen LogP contribution in [-0.2, 0) is 10.5 Å². The molecule has 0 radical (unpaired) electrons. The third-order valence-corrected chi connectivity index (χ3v) is 5.14. The maximum absolute atomic E-state index is 12.9. The first-order valence-electron chi connectivity index (χ1n) is 7.47. The van der Waals surface area contributed by atoms with Gasteiger partial charge in [0.15, 0.2) is 5.17 Å². The predicted octanol–water partition coefficient (Wildman–Crippen LogP) is 3.45. The molecular formula is C16H19FN2OS. The zero-order chi connectivity index (χ0) is 14.7. The summed E-state index contributed by atoms with van der Waals surface area (Å²) in [5, 5.41) is 0.830. The minimum atomic E-state index is -0.222. The van der Waals surface area contributed by atoms with Gasteiger partial charge in [-0.1, -0.05) is 36.7 Å². The molecular weight excluding hydrogens is 287 g/mol. The molecule has 1 fully saturated rings. The first kappa shape index (κ1) is 14.6. The van der Waals surface area contributed by atoms with E-state index in [1.165, 1.54) is 25.0 Å². The molecule has 0 unspecified atom stereocenters. The quantitative estimate of drug-likeness (QED) is 0.857. The van der Waals surface area contributed by atoms with Crippen LogP contribution in [0.1, 0.15) is 31.2 Å². The Balaban J connectivity index is 1.59. The van der Waals surface area contributed by atoms with Gasteiger partial charge in [-0.3, -0.25) is 14.7 Å². The number of aliphatic imine (C=N–C) groups is 1. The molecule has 0 aromatic heterocycles. The van der Waals surface area contributed by atoms with Crippen molar-refractivity contribution in [3.05, 3.63) is 35.6 Å². The summed E-state index contributed by atoms with van der Waals surface area (Å²) in [7, 11) is 0. The van der Waals surface area contributed by atoms with Crippen molar-refractivity contribution in [1.82, 2.24) is 4.90 Å². The minimum absolute atomic E-state index is 0.194. The van der Waals surface area contributed by atoms with E-state index in [2.05, 4.69) is 4.99 Å². The Hall–Kier alpha value is -1.36. The molecule has 1 aromatic rings. The summed E-state index contributed by atoms with van der Waals surface area (Å²) < 4.78 is 12.9. The number of halogens is 1. The Morgan fingerprint density at radius 1 is 1.29 bits per heavy atom. The lowest BCUT2D eigenvalue weighted by atomic mass is 10.1. The number of hydrogen-bond acceptors (Lipinski definition) is 3. The van der Waals surface area contributed by atoms with E-state index >= 15 is 0 Å². The number of nitrogens with zero attached hydrogens (tertiary/aromatic N) is 2. The van der Waals surface area contributed by atoms with Gasteiger partial charge < -0.3 is 0 Å². The Bertz CT molecular complexity index is 538. The normalized spacial score (nSPS) is 19.1. The second-order valence-electron chi connectivity index (χ2n) is 5.55. The van der Waals surface area contributed by atoms with Gasteiger partial charge in [-0.25, -0.2) is 4.39 Å². The van der Waals surface area contributed by atoms with E-state index in [-0.39, 0.29) is 17.6 Å². The van der Waals surface area contributed by atoms with E-state index in [1.807, 2.05) is 4.90 Å². The number of benzene rings is 1.